The van der Waals surface area contributed by atoms with Gasteiger partial charge in [-0.3, -0.25) is 14.7 Å². The Morgan fingerprint density at radius 1 is 1.05 bits per heavy atom. The molecule has 10 heteroatoms. The van der Waals surface area contributed by atoms with Crippen molar-refractivity contribution in [3.63, 3.8) is 0 Å². The van der Waals surface area contributed by atoms with Crippen molar-refractivity contribution in [2.75, 3.05) is 32.7 Å². The number of fused-ring (bicyclic) bond motifs is 2. The van der Waals surface area contributed by atoms with Crippen LogP contribution in [0.5, 0.6) is 0 Å². The van der Waals surface area contributed by atoms with Crippen LogP contribution in [0.4, 0.5) is 4.79 Å². The molecule has 0 unspecified atom stereocenters. The molecule has 44 heavy (non-hydrogen) atoms. The smallest absolute Gasteiger partial charge is 0.318 e. The predicted molar refractivity (Wildman–Crippen MR) is 177 cm³/mol. The number of nitrogens with one attached hydrogen (secondary N) is 1. The van der Waals surface area contributed by atoms with Gasteiger partial charge in [-0.15, -0.1) is 0 Å². The quantitative estimate of drug-likeness (QED) is 0.371. The molecule has 2 saturated heterocycles. The van der Waals surface area contributed by atoms with E-state index in [1.54, 1.807) is 4.90 Å². The molecular weight excluding hydrogens is 640 g/mol. The normalized spacial score (nSPS) is 22.6. The molecule has 3 aromatic rings. The molecule has 4 heterocycles. The van der Waals surface area contributed by atoms with Gasteiger partial charge in [0, 0.05) is 72.9 Å². The molecule has 2 fully saturated rings. The fraction of sp³-hybridized carbons (Fsp3) is 0.500. The zero-order chi connectivity index (χ0) is 31.0. The van der Waals surface area contributed by atoms with Crippen LogP contribution < -0.4 is 5.32 Å². The monoisotopic (exact) mass is 680 g/mol. The van der Waals surface area contributed by atoms with Crippen molar-refractivity contribution in [1.29, 1.82) is 0 Å². The van der Waals surface area contributed by atoms with Crippen molar-refractivity contribution in [3.8, 4) is 0 Å². The maximum Gasteiger partial charge on any atom is 0.318 e. The highest BCUT2D eigenvalue weighted by atomic mass is 79.9. The highest BCUT2D eigenvalue weighted by molar-refractivity contribution is 9.10. The van der Waals surface area contributed by atoms with Crippen molar-refractivity contribution < 1.29 is 9.59 Å². The van der Waals surface area contributed by atoms with Crippen molar-refractivity contribution in [2.24, 2.45) is 5.92 Å². The Morgan fingerprint density at radius 2 is 1.82 bits per heavy atom. The summed E-state index contributed by atoms with van der Waals surface area (Å²) in [6.45, 7) is 9.74. The van der Waals surface area contributed by atoms with Crippen molar-refractivity contribution >= 4 is 39.5 Å². The number of nitrogens with zero attached hydrogens (tertiary/aromatic N) is 5. The molecule has 6 rings (SSSR count). The number of likely N-dealkylation sites (tertiary alicyclic amines) is 1. The van der Waals surface area contributed by atoms with Crippen LogP contribution in [0.2, 0.25) is 5.02 Å². The van der Waals surface area contributed by atoms with Gasteiger partial charge in [-0.2, -0.15) is 0 Å². The van der Waals surface area contributed by atoms with E-state index in [1.807, 2.05) is 50.1 Å². The lowest BCUT2D eigenvalue weighted by atomic mass is 9.94. The molecule has 1 aromatic carbocycles. The van der Waals surface area contributed by atoms with E-state index in [0.717, 1.165) is 54.0 Å². The van der Waals surface area contributed by atoms with Crippen LogP contribution in [0.25, 0.3) is 0 Å². The van der Waals surface area contributed by atoms with Crippen LogP contribution >= 0.6 is 27.5 Å². The minimum Gasteiger partial charge on any atom is -0.354 e. The lowest BCUT2D eigenvalue weighted by Crippen LogP contribution is -2.65. The molecule has 1 aliphatic carbocycles. The fourth-order valence-electron chi connectivity index (χ4n) is 7.08. The second-order valence-corrected chi connectivity index (χ2v) is 14.9. The first kappa shape index (κ1) is 31.1. The minimum atomic E-state index is -0.602. The number of amides is 3. The van der Waals surface area contributed by atoms with Crippen molar-refractivity contribution in [2.45, 2.75) is 70.6 Å². The van der Waals surface area contributed by atoms with Crippen LogP contribution in [-0.2, 0) is 24.2 Å². The average molecular weight is 682 g/mol. The topological polar surface area (TPSA) is 73.7 Å². The molecule has 2 aliphatic heterocycles. The lowest BCUT2D eigenvalue weighted by Gasteiger charge is -2.46. The number of halogens is 2. The van der Waals surface area contributed by atoms with Crippen molar-refractivity contribution in [3.05, 3.63) is 86.9 Å². The number of carbonyl (C=O) groups is 2. The third kappa shape index (κ3) is 6.85. The summed E-state index contributed by atoms with van der Waals surface area (Å²) in [5, 5.41) is 3.85. The number of carbonyl (C=O) groups excluding carboxylic acids is 2. The number of aromatic nitrogens is 2. The number of benzene rings is 1. The number of hydrogen-bond acceptors (Lipinski definition) is 4. The molecule has 0 spiro atoms. The average Bonchev–Trinajstić information content (AvgIpc) is 3.44. The Balaban J connectivity index is 1.32. The number of urea groups is 1. The van der Waals surface area contributed by atoms with E-state index in [1.165, 1.54) is 16.7 Å². The van der Waals surface area contributed by atoms with E-state index >= 15 is 0 Å². The van der Waals surface area contributed by atoms with Gasteiger partial charge in [0.2, 0.25) is 5.91 Å². The molecular formula is C34H42BrClN6O2. The molecule has 2 aromatic heterocycles. The molecule has 3 aliphatic rings. The van der Waals surface area contributed by atoms with Gasteiger partial charge in [0.15, 0.2) is 0 Å². The molecule has 3 atom stereocenters. The summed E-state index contributed by atoms with van der Waals surface area (Å²) in [5.74, 6) is 0.412. The van der Waals surface area contributed by atoms with Crippen LogP contribution in [-0.4, -0.2) is 80.5 Å². The second-order valence-electron chi connectivity index (χ2n) is 13.5. The molecule has 3 amide bonds. The van der Waals surface area contributed by atoms with Gasteiger partial charge in [0.1, 0.15) is 6.04 Å². The Labute approximate surface area is 273 Å². The number of rotatable bonds is 4. The van der Waals surface area contributed by atoms with Crippen molar-refractivity contribution in [1.82, 2.24) is 29.6 Å². The van der Waals surface area contributed by atoms with Crippen LogP contribution in [0.3, 0.4) is 0 Å². The van der Waals surface area contributed by atoms with Gasteiger partial charge in [0.05, 0.1) is 11.7 Å². The molecule has 8 nitrogen and oxygen atoms in total. The first-order valence-electron chi connectivity index (χ1n) is 15.7. The summed E-state index contributed by atoms with van der Waals surface area (Å²) in [5.41, 5.74) is 4.17. The van der Waals surface area contributed by atoms with Gasteiger partial charge in [-0.05, 0) is 115 Å². The summed E-state index contributed by atoms with van der Waals surface area (Å²) in [4.78, 5) is 39.3. The minimum absolute atomic E-state index is 0.0323. The number of piperazine rings is 1. The molecule has 0 saturated carbocycles. The van der Waals surface area contributed by atoms with Gasteiger partial charge >= 0.3 is 6.03 Å². The van der Waals surface area contributed by atoms with Crippen LogP contribution in [0, 0.1) is 5.92 Å². The highest BCUT2D eigenvalue weighted by Crippen LogP contribution is 2.39. The fourth-order valence-corrected chi connectivity index (χ4v) is 7.66. The summed E-state index contributed by atoms with van der Waals surface area (Å²) in [7, 11) is 0. The zero-order valence-corrected chi connectivity index (χ0v) is 28.1. The number of piperidine rings is 1. The van der Waals surface area contributed by atoms with E-state index in [2.05, 4.69) is 61.3 Å². The largest absolute Gasteiger partial charge is 0.354 e. The van der Waals surface area contributed by atoms with Crippen LogP contribution in [0.15, 0.2) is 59.5 Å². The Hall–Kier alpha value is -2.88. The summed E-state index contributed by atoms with van der Waals surface area (Å²) in [6.07, 6.45) is 9.81. The maximum atomic E-state index is 14.5. The predicted octanol–water partition coefficient (Wildman–Crippen LogP) is 5.92. The Kier molecular flexibility index (Phi) is 9.09. The number of aryl methyl sites for hydroxylation is 2. The van der Waals surface area contributed by atoms with Crippen LogP contribution in [0.1, 0.15) is 62.0 Å². The Morgan fingerprint density at radius 3 is 2.59 bits per heavy atom. The number of pyridine rings is 1. The zero-order valence-electron chi connectivity index (χ0n) is 25.8. The first-order chi connectivity index (χ1) is 21.1. The molecule has 0 bridgehead atoms. The summed E-state index contributed by atoms with van der Waals surface area (Å²) in [6, 6.07) is 11.5. The highest BCUT2D eigenvalue weighted by Gasteiger charge is 2.43. The van der Waals surface area contributed by atoms with E-state index in [0.29, 0.717) is 32.1 Å². The van der Waals surface area contributed by atoms with E-state index < -0.39 is 11.6 Å². The summed E-state index contributed by atoms with van der Waals surface area (Å²) >= 11 is 10.1. The second kappa shape index (κ2) is 12.9. The van der Waals surface area contributed by atoms with E-state index in [9.17, 15) is 9.59 Å². The molecule has 234 valence electrons. The van der Waals surface area contributed by atoms with E-state index in [-0.39, 0.29) is 18.0 Å². The third-order valence-electron chi connectivity index (χ3n) is 9.06. The maximum absolute atomic E-state index is 14.5. The first-order valence-corrected chi connectivity index (χ1v) is 16.9. The lowest BCUT2D eigenvalue weighted by molar-refractivity contribution is -0.140. The van der Waals surface area contributed by atoms with Gasteiger partial charge in [0.25, 0.3) is 0 Å². The molecule has 1 N–H and O–H groups in total. The number of hydrogen-bond donors (Lipinski definition) is 1. The van der Waals surface area contributed by atoms with Gasteiger partial charge in [-0.25, -0.2) is 4.79 Å². The summed E-state index contributed by atoms with van der Waals surface area (Å²) < 4.78 is 3.15. The van der Waals surface area contributed by atoms with Gasteiger partial charge in [-0.1, -0.05) is 17.7 Å². The molecule has 0 radical (unpaired) electrons. The standard InChI is InChI=1S/C34H42BrClN6O2/c1-34(2,3)38-33(44)42-16-15-40(22-29(42)32(43)41-14-6-7-23(21-41)20-39-12-4-5-13-39)31-28-11-10-27(36)18-24(28)8-9-25-17-26(35)19-37-30(25)31/h4-5,10-13,17-19,23,29,31H,6-9,14-16,20-22H2,1-3H3,(H,38,44)/t23-,29-,31-/m1/s1. The Bertz CT molecular complexity index is 1450. The SMILES string of the molecule is CC(C)(C)NC(=O)N1CCN([C@@H]2c3ccc(Cl)cc3CCc3cc(Br)cnc32)C[C@@H]1C(=O)N1CCC[C@H](Cn2cccc2)C1. The van der Waals surface area contributed by atoms with E-state index in [4.69, 9.17) is 16.6 Å². The third-order valence-corrected chi connectivity index (χ3v) is 9.73. The van der Waals surface area contributed by atoms with Gasteiger partial charge < -0.3 is 19.7 Å².